The number of hydrogen-bond donors (Lipinski definition) is 1. The number of amides is 1. The van der Waals surface area contributed by atoms with Crippen LogP contribution in [0.25, 0.3) is 10.9 Å². The van der Waals surface area contributed by atoms with Gasteiger partial charge in [0.15, 0.2) is 0 Å². The van der Waals surface area contributed by atoms with Crippen LogP contribution in [0.15, 0.2) is 55.0 Å². The predicted octanol–water partition coefficient (Wildman–Crippen LogP) is 2.70. The van der Waals surface area contributed by atoms with Crippen LogP contribution in [0.4, 0.5) is 0 Å². The van der Waals surface area contributed by atoms with E-state index in [2.05, 4.69) is 15.4 Å². The number of aromatic nitrogens is 3. The Bertz CT molecular complexity index is 766. The summed E-state index contributed by atoms with van der Waals surface area (Å²) in [5, 5.41) is 8.39. The highest BCUT2D eigenvalue weighted by Gasteiger charge is 2.20. The summed E-state index contributed by atoms with van der Waals surface area (Å²) in [6.07, 6.45) is 5.96. The van der Waals surface area contributed by atoms with Crippen LogP contribution >= 0.6 is 0 Å². The zero-order valence-corrected chi connectivity index (χ0v) is 12.4. The van der Waals surface area contributed by atoms with Gasteiger partial charge >= 0.3 is 0 Å². The lowest BCUT2D eigenvalue weighted by Gasteiger charge is -2.16. The fourth-order valence-electron chi connectivity index (χ4n) is 2.52. The molecule has 1 unspecified atom stereocenters. The molecule has 0 bridgehead atoms. The van der Waals surface area contributed by atoms with Gasteiger partial charge in [0.25, 0.3) is 0 Å². The molecule has 1 amide bonds. The topological polar surface area (TPSA) is 59.8 Å². The van der Waals surface area contributed by atoms with Crippen molar-refractivity contribution in [2.75, 3.05) is 0 Å². The molecule has 0 radical (unpaired) electrons. The van der Waals surface area contributed by atoms with Crippen molar-refractivity contribution in [1.82, 2.24) is 20.1 Å². The van der Waals surface area contributed by atoms with Crippen molar-refractivity contribution in [2.24, 2.45) is 0 Å². The van der Waals surface area contributed by atoms with E-state index >= 15 is 0 Å². The van der Waals surface area contributed by atoms with Crippen molar-refractivity contribution in [1.29, 1.82) is 0 Å². The smallest absolute Gasteiger partial charge is 0.245 e. The van der Waals surface area contributed by atoms with Crippen molar-refractivity contribution < 1.29 is 4.79 Å². The summed E-state index contributed by atoms with van der Waals surface area (Å²) in [7, 11) is 0. The Balaban J connectivity index is 1.77. The monoisotopic (exact) mass is 294 g/mol. The summed E-state index contributed by atoms with van der Waals surface area (Å²) in [6, 6.07) is 11.4. The number of benzene rings is 1. The lowest BCUT2D eigenvalue weighted by molar-refractivity contribution is -0.124. The van der Waals surface area contributed by atoms with Gasteiger partial charge in [-0.3, -0.25) is 14.5 Å². The van der Waals surface area contributed by atoms with Gasteiger partial charge in [0.05, 0.1) is 11.7 Å². The van der Waals surface area contributed by atoms with Crippen LogP contribution in [0.1, 0.15) is 24.9 Å². The number of carbonyl (C=O) groups excluding carboxylic acids is 1. The first kappa shape index (κ1) is 14.3. The SMILES string of the molecule is CCC(C(=O)NCc1cccnc1)n1ncc2ccccc21. The number of carbonyl (C=O) groups is 1. The molecule has 1 atom stereocenters. The average Bonchev–Trinajstić information content (AvgIpc) is 2.99. The molecular formula is C17H18N4O. The second-order valence-corrected chi connectivity index (χ2v) is 5.15. The molecule has 5 nitrogen and oxygen atoms in total. The first-order chi connectivity index (χ1) is 10.8. The zero-order valence-electron chi connectivity index (χ0n) is 12.4. The molecule has 1 aromatic carbocycles. The third-order valence-electron chi connectivity index (χ3n) is 3.68. The van der Waals surface area contributed by atoms with Crippen LogP contribution in [0, 0.1) is 0 Å². The molecule has 1 N–H and O–H groups in total. The van der Waals surface area contributed by atoms with Crippen LogP contribution in [0.3, 0.4) is 0 Å². The van der Waals surface area contributed by atoms with Crippen LogP contribution in [-0.4, -0.2) is 20.7 Å². The highest BCUT2D eigenvalue weighted by molar-refractivity contribution is 5.84. The molecule has 3 rings (SSSR count). The fraction of sp³-hybridized carbons (Fsp3) is 0.235. The Morgan fingerprint density at radius 1 is 1.23 bits per heavy atom. The quantitative estimate of drug-likeness (QED) is 0.787. The Hall–Kier alpha value is -2.69. The Morgan fingerprint density at radius 2 is 2.09 bits per heavy atom. The molecule has 0 aliphatic carbocycles. The maximum Gasteiger partial charge on any atom is 0.245 e. The molecular weight excluding hydrogens is 276 g/mol. The van der Waals surface area contributed by atoms with Gasteiger partial charge in [-0.15, -0.1) is 0 Å². The first-order valence-corrected chi connectivity index (χ1v) is 7.38. The molecule has 5 heteroatoms. The molecule has 0 spiro atoms. The van der Waals surface area contributed by atoms with Crippen LogP contribution < -0.4 is 5.32 Å². The maximum atomic E-state index is 12.5. The van der Waals surface area contributed by atoms with E-state index in [-0.39, 0.29) is 11.9 Å². The Morgan fingerprint density at radius 3 is 2.86 bits per heavy atom. The summed E-state index contributed by atoms with van der Waals surface area (Å²) >= 11 is 0. The number of rotatable bonds is 5. The van der Waals surface area contributed by atoms with Gasteiger partial charge < -0.3 is 5.32 Å². The highest BCUT2D eigenvalue weighted by atomic mass is 16.2. The van der Waals surface area contributed by atoms with Crippen molar-refractivity contribution >= 4 is 16.8 Å². The van der Waals surface area contributed by atoms with E-state index in [0.29, 0.717) is 13.0 Å². The second kappa shape index (κ2) is 6.39. The van der Waals surface area contributed by atoms with E-state index in [9.17, 15) is 4.79 Å². The molecule has 22 heavy (non-hydrogen) atoms. The summed E-state index contributed by atoms with van der Waals surface area (Å²) in [6.45, 7) is 2.47. The van der Waals surface area contributed by atoms with Crippen LogP contribution in [-0.2, 0) is 11.3 Å². The maximum absolute atomic E-state index is 12.5. The van der Waals surface area contributed by atoms with E-state index in [0.717, 1.165) is 16.5 Å². The molecule has 0 saturated heterocycles. The first-order valence-electron chi connectivity index (χ1n) is 7.38. The van der Waals surface area contributed by atoms with Gasteiger partial charge in [0.1, 0.15) is 6.04 Å². The normalized spacial score (nSPS) is 12.2. The predicted molar refractivity (Wildman–Crippen MR) is 85.1 cm³/mol. The minimum Gasteiger partial charge on any atom is -0.350 e. The largest absolute Gasteiger partial charge is 0.350 e. The van der Waals surface area contributed by atoms with Crippen LogP contribution in [0.2, 0.25) is 0 Å². The molecule has 0 fully saturated rings. The molecule has 2 aromatic heterocycles. The van der Waals surface area contributed by atoms with Gasteiger partial charge in [-0.25, -0.2) is 0 Å². The third kappa shape index (κ3) is 2.83. The van der Waals surface area contributed by atoms with Gasteiger partial charge in [0.2, 0.25) is 5.91 Å². The zero-order chi connectivity index (χ0) is 15.4. The fourth-order valence-corrected chi connectivity index (χ4v) is 2.52. The molecule has 0 saturated carbocycles. The van der Waals surface area contributed by atoms with E-state index in [1.54, 1.807) is 23.3 Å². The van der Waals surface area contributed by atoms with Crippen molar-refractivity contribution in [3.8, 4) is 0 Å². The number of hydrogen-bond acceptors (Lipinski definition) is 3. The highest BCUT2D eigenvalue weighted by Crippen LogP contribution is 2.20. The van der Waals surface area contributed by atoms with Crippen molar-refractivity contribution in [3.63, 3.8) is 0 Å². The summed E-state index contributed by atoms with van der Waals surface area (Å²) < 4.78 is 1.80. The van der Waals surface area contributed by atoms with E-state index < -0.39 is 0 Å². The summed E-state index contributed by atoms with van der Waals surface area (Å²) in [5.41, 5.74) is 1.96. The molecule has 2 heterocycles. The van der Waals surface area contributed by atoms with E-state index in [1.165, 1.54) is 0 Å². The minimum atomic E-state index is -0.309. The molecule has 112 valence electrons. The Labute approximate surface area is 129 Å². The number of nitrogens with one attached hydrogen (secondary N) is 1. The minimum absolute atomic E-state index is 0.0276. The summed E-state index contributed by atoms with van der Waals surface area (Å²) in [4.78, 5) is 16.5. The van der Waals surface area contributed by atoms with Gasteiger partial charge in [-0.1, -0.05) is 31.2 Å². The van der Waals surface area contributed by atoms with Gasteiger partial charge in [-0.05, 0) is 24.1 Å². The third-order valence-corrected chi connectivity index (χ3v) is 3.68. The van der Waals surface area contributed by atoms with Crippen molar-refractivity contribution in [2.45, 2.75) is 25.9 Å². The number of fused-ring (bicyclic) bond motifs is 1. The van der Waals surface area contributed by atoms with Gasteiger partial charge in [0, 0.05) is 24.3 Å². The van der Waals surface area contributed by atoms with Crippen LogP contribution in [0.5, 0.6) is 0 Å². The number of pyridine rings is 1. The molecule has 0 aliphatic heterocycles. The second-order valence-electron chi connectivity index (χ2n) is 5.15. The standard InChI is InChI=1S/C17H18N4O/c1-2-15(17(22)19-11-13-6-5-9-18-10-13)21-16-8-4-3-7-14(16)12-20-21/h3-10,12,15H,2,11H2,1H3,(H,19,22). The Kier molecular flexibility index (Phi) is 4.14. The summed E-state index contributed by atoms with van der Waals surface area (Å²) in [5.74, 6) is -0.0276. The number of nitrogens with zero attached hydrogens (tertiary/aromatic N) is 3. The van der Waals surface area contributed by atoms with Gasteiger partial charge in [-0.2, -0.15) is 5.10 Å². The number of para-hydroxylation sites is 1. The van der Waals surface area contributed by atoms with E-state index in [4.69, 9.17) is 0 Å². The van der Waals surface area contributed by atoms with Crippen molar-refractivity contribution in [3.05, 3.63) is 60.6 Å². The average molecular weight is 294 g/mol. The molecule has 0 aliphatic rings. The lowest BCUT2D eigenvalue weighted by Crippen LogP contribution is -2.32. The molecule has 3 aromatic rings. The van der Waals surface area contributed by atoms with E-state index in [1.807, 2.05) is 43.3 Å². The lowest BCUT2D eigenvalue weighted by atomic mass is 10.2.